The summed E-state index contributed by atoms with van der Waals surface area (Å²) in [5, 5.41) is 25.8. The van der Waals surface area contributed by atoms with Gasteiger partial charge in [-0.05, 0) is 50.2 Å². The topological polar surface area (TPSA) is 119 Å². The number of hydrogen-bond donors (Lipinski definition) is 2. The quantitative estimate of drug-likeness (QED) is 0.561. The lowest BCUT2D eigenvalue weighted by molar-refractivity contribution is -0.395. The molecule has 0 spiro atoms. The average molecular weight is 424 g/mol. The van der Waals surface area contributed by atoms with Gasteiger partial charge >= 0.3 is 11.9 Å². The zero-order valence-electron chi connectivity index (χ0n) is 18.5. The van der Waals surface area contributed by atoms with Crippen LogP contribution in [0.3, 0.4) is 0 Å². The molecular weight excluding hydrogens is 392 g/mol. The molecule has 168 valence electrons. The molecule has 1 aromatic rings. The van der Waals surface area contributed by atoms with Crippen molar-refractivity contribution in [2.24, 2.45) is 5.92 Å². The monoisotopic (exact) mass is 424 g/mol. The molecule has 0 radical (unpaired) electrons. The number of anilines is 1. The summed E-state index contributed by atoms with van der Waals surface area (Å²) >= 11 is 0. The third-order valence-electron chi connectivity index (χ3n) is 6.09. The van der Waals surface area contributed by atoms with Crippen molar-refractivity contribution in [1.82, 2.24) is 10.0 Å². The van der Waals surface area contributed by atoms with Crippen LogP contribution in [0.2, 0.25) is 0 Å². The number of nitro groups is 1. The summed E-state index contributed by atoms with van der Waals surface area (Å²) < 4.78 is 6.67. The number of alkyl carbamates (subject to hydrolysis) is 1. The largest absolute Gasteiger partial charge is 0.444 e. The highest BCUT2D eigenvalue weighted by atomic mass is 16.7. The Bertz CT molecular complexity index is 841. The first-order valence-electron chi connectivity index (χ1n) is 10.3. The molecule has 2 N–H and O–H groups in total. The van der Waals surface area contributed by atoms with Crippen LogP contribution in [0.4, 0.5) is 16.3 Å². The Hall–Kier alpha value is -2.49. The fraction of sp³-hybridized carbons (Fsp3) is 0.750. The summed E-state index contributed by atoms with van der Waals surface area (Å²) in [4.78, 5) is 31.1. The fourth-order valence-electron chi connectivity index (χ4n) is 4.42. The summed E-state index contributed by atoms with van der Waals surface area (Å²) in [6.45, 7) is 9.48. The lowest BCUT2D eigenvalue weighted by atomic mass is 9.79. The number of amides is 1. The molecule has 3 atom stereocenters. The van der Waals surface area contributed by atoms with E-state index in [0.717, 1.165) is 24.1 Å². The summed E-state index contributed by atoms with van der Waals surface area (Å²) in [5.74, 6) is -0.360. The van der Waals surface area contributed by atoms with Crippen molar-refractivity contribution in [3.05, 3.63) is 21.4 Å². The van der Waals surface area contributed by atoms with Gasteiger partial charge in [-0.2, -0.15) is 0 Å². The average Bonchev–Trinajstić information content (AvgIpc) is 3.17. The molecule has 0 aromatic carbocycles. The molecule has 1 aliphatic heterocycles. The molecule has 30 heavy (non-hydrogen) atoms. The van der Waals surface area contributed by atoms with Crippen LogP contribution >= 0.6 is 0 Å². The van der Waals surface area contributed by atoms with Gasteiger partial charge in [-0.15, -0.1) is 0 Å². The van der Waals surface area contributed by atoms with E-state index < -0.39 is 28.3 Å². The normalized spacial score (nSPS) is 26.3. The number of aliphatic hydroxyl groups is 1. The maximum Gasteiger partial charge on any atom is 0.408 e. The van der Waals surface area contributed by atoms with Crippen molar-refractivity contribution in [2.75, 3.05) is 25.1 Å². The van der Waals surface area contributed by atoms with E-state index in [1.807, 2.05) is 11.8 Å². The van der Waals surface area contributed by atoms with Crippen LogP contribution in [0.15, 0.2) is 0 Å². The third-order valence-corrected chi connectivity index (χ3v) is 6.09. The van der Waals surface area contributed by atoms with Crippen LogP contribution in [0.25, 0.3) is 0 Å². The number of rotatable bonds is 4. The Kier molecular flexibility index (Phi) is 5.66. The van der Waals surface area contributed by atoms with Gasteiger partial charge in [-0.3, -0.25) is 0 Å². The van der Waals surface area contributed by atoms with Crippen molar-refractivity contribution >= 4 is 17.6 Å². The van der Waals surface area contributed by atoms with Crippen molar-refractivity contribution in [3.63, 3.8) is 0 Å². The smallest absolute Gasteiger partial charge is 0.408 e. The molecule has 1 amide bonds. The van der Waals surface area contributed by atoms with Crippen LogP contribution in [0.1, 0.15) is 52.3 Å². The Morgan fingerprint density at radius 1 is 1.33 bits per heavy atom. The second-order valence-corrected chi connectivity index (χ2v) is 9.42. The maximum absolute atomic E-state index is 12.4. The molecule has 1 aromatic heterocycles. The molecule has 1 saturated heterocycles. The molecule has 0 saturated carbocycles. The molecule has 2 heterocycles. The molecule has 0 bridgehead atoms. The Morgan fingerprint density at radius 2 is 2.00 bits per heavy atom. The van der Waals surface area contributed by atoms with E-state index in [1.165, 1.54) is 11.8 Å². The minimum absolute atomic E-state index is 0.105. The van der Waals surface area contributed by atoms with Crippen LogP contribution in [0, 0.1) is 16.0 Å². The summed E-state index contributed by atoms with van der Waals surface area (Å²) in [7, 11) is 1.42. The van der Waals surface area contributed by atoms with Gasteiger partial charge in [-0.1, -0.05) is 6.92 Å². The number of nitrogens with one attached hydrogen (secondary N) is 1. The van der Waals surface area contributed by atoms with Gasteiger partial charge in [0, 0.05) is 31.0 Å². The minimum atomic E-state index is -1.20. The third kappa shape index (κ3) is 3.92. The van der Waals surface area contributed by atoms with Crippen LogP contribution in [0.5, 0.6) is 0 Å². The molecular formula is C20H32N4O6. The highest BCUT2D eigenvalue weighted by Crippen LogP contribution is 2.44. The summed E-state index contributed by atoms with van der Waals surface area (Å²) in [6.07, 6.45) is 1.72. The number of piperidine rings is 1. The maximum atomic E-state index is 12.4. The van der Waals surface area contributed by atoms with Gasteiger partial charge in [0.25, 0.3) is 0 Å². The lowest BCUT2D eigenvalue weighted by Crippen LogP contribution is -2.65. The van der Waals surface area contributed by atoms with Crippen LogP contribution < -0.4 is 15.1 Å². The number of hydrogen-bond acceptors (Lipinski definition) is 7. The van der Waals surface area contributed by atoms with Crippen LogP contribution in [-0.4, -0.2) is 58.3 Å². The first-order valence-corrected chi connectivity index (χ1v) is 10.3. The Labute approximate surface area is 176 Å². The summed E-state index contributed by atoms with van der Waals surface area (Å²) in [6, 6.07) is -0.668. The molecule has 1 fully saturated rings. The number of nitrogens with zero attached hydrogens (tertiary/aromatic N) is 3. The molecule has 3 rings (SSSR count). The van der Waals surface area contributed by atoms with Gasteiger partial charge in [0.1, 0.15) is 18.4 Å². The van der Waals surface area contributed by atoms with Crippen LogP contribution in [-0.2, 0) is 17.6 Å². The standard InChI is InChI=1S/C20H32N4O6/c1-12-10-22(11-15(20(12,5)26)21-18(25)30-19(2,3)4)16-13-8-7-9-14(13)23(29-6)17(16)24(27)28/h12,15,26H,7-11H2,1-6H3,(H,21,25). The first kappa shape index (κ1) is 22.2. The van der Waals surface area contributed by atoms with Crippen molar-refractivity contribution in [2.45, 2.75) is 71.1 Å². The number of aromatic nitrogens is 1. The Balaban J connectivity index is 1.96. The SMILES string of the molecule is COn1c2c(c(N3CC(C)C(C)(O)C(NC(=O)OC(C)(C)C)C3)c1[N+](=O)[O-])CCC2. The zero-order chi connectivity index (χ0) is 22.4. The predicted molar refractivity (Wildman–Crippen MR) is 111 cm³/mol. The molecule has 10 heteroatoms. The van der Waals surface area contributed by atoms with Crippen molar-refractivity contribution in [1.29, 1.82) is 0 Å². The number of carbonyl (C=O) groups excluding carboxylic acids is 1. The van der Waals surface area contributed by atoms with Crippen molar-refractivity contribution < 1.29 is 24.4 Å². The van der Waals surface area contributed by atoms with Gasteiger partial charge in [0.05, 0.1) is 11.6 Å². The van der Waals surface area contributed by atoms with E-state index in [9.17, 15) is 20.0 Å². The predicted octanol–water partition coefficient (Wildman–Crippen LogP) is 2.04. The van der Waals surface area contributed by atoms with E-state index in [-0.39, 0.29) is 18.3 Å². The van der Waals surface area contributed by atoms with Gasteiger partial charge in [0.2, 0.25) is 0 Å². The molecule has 2 aliphatic rings. The summed E-state index contributed by atoms with van der Waals surface area (Å²) in [5.41, 5.74) is 0.377. The molecule has 3 unspecified atom stereocenters. The highest BCUT2D eigenvalue weighted by molar-refractivity contribution is 5.71. The number of carbonyl (C=O) groups is 1. The fourth-order valence-corrected chi connectivity index (χ4v) is 4.42. The van der Waals surface area contributed by atoms with E-state index in [1.54, 1.807) is 27.7 Å². The second-order valence-electron chi connectivity index (χ2n) is 9.42. The van der Waals surface area contributed by atoms with Gasteiger partial charge < -0.3 is 35.0 Å². The minimum Gasteiger partial charge on any atom is -0.444 e. The second kappa shape index (κ2) is 7.64. The van der Waals surface area contributed by atoms with E-state index >= 15 is 0 Å². The van der Waals surface area contributed by atoms with E-state index in [2.05, 4.69) is 5.32 Å². The zero-order valence-corrected chi connectivity index (χ0v) is 18.5. The van der Waals surface area contributed by atoms with E-state index in [0.29, 0.717) is 18.7 Å². The molecule has 10 nitrogen and oxygen atoms in total. The first-order chi connectivity index (χ1) is 13.9. The van der Waals surface area contributed by atoms with E-state index in [4.69, 9.17) is 9.57 Å². The highest BCUT2D eigenvalue weighted by Gasteiger charge is 2.48. The number of fused-ring (bicyclic) bond motifs is 1. The Morgan fingerprint density at radius 3 is 2.57 bits per heavy atom. The molecule has 1 aliphatic carbocycles. The number of ether oxygens (including phenoxy) is 1. The van der Waals surface area contributed by atoms with Gasteiger partial charge in [-0.25, -0.2) is 4.79 Å². The lowest BCUT2D eigenvalue weighted by Gasteiger charge is -2.47. The van der Waals surface area contributed by atoms with Gasteiger partial charge in [0.15, 0.2) is 5.69 Å². The van der Waals surface area contributed by atoms with Crippen molar-refractivity contribution in [3.8, 4) is 0 Å².